The Morgan fingerprint density at radius 3 is 2.50 bits per heavy atom. The van der Waals surface area contributed by atoms with Gasteiger partial charge in [0, 0.05) is 14.9 Å². The van der Waals surface area contributed by atoms with E-state index in [9.17, 15) is 13.2 Å². The number of fused-ring (bicyclic) bond motifs is 1. The van der Waals surface area contributed by atoms with Crippen molar-refractivity contribution in [3.63, 3.8) is 0 Å². The third-order valence-electron chi connectivity index (χ3n) is 4.59. The molecule has 1 N–H and O–H groups in total. The van der Waals surface area contributed by atoms with Crippen LogP contribution in [0.4, 0.5) is 0 Å². The Labute approximate surface area is 177 Å². The van der Waals surface area contributed by atoms with E-state index in [0.29, 0.717) is 31.8 Å². The van der Waals surface area contributed by atoms with Gasteiger partial charge in [0.1, 0.15) is 0 Å². The number of amides is 1. The Morgan fingerprint density at radius 1 is 1.04 bits per heavy atom. The minimum Gasteiger partial charge on any atom is -0.344 e. The summed E-state index contributed by atoms with van der Waals surface area (Å²) in [5.74, 6) is -0.213. The molecule has 0 saturated carbocycles. The van der Waals surface area contributed by atoms with Crippen LogP contribution in [0.15, 0.2) is 59.5 Å². The summed E-state index contributed by atoms with van der Waals surface area (Å²) in [5.41, 5.74) is 1.48. The normalized spacial score (nSPS) is 17.7. The van der Waals surface area contributed by atoms with E-state index < -0.39 is 9.84 Å². The summed E-state index contributed by atoms with van der Waals surface area (Å²) >= 11 is 13.5. The summed E-state index contributed by atoms with van der Waals surface area (Å²) in [6.07, 6.45) is 0.354. The second-order valence-electron chi connectivity index (χ2n) is 6.49. The van der Waals surface area contributed by atoms with Gasteiger partial charge >= 0.3 is 0 Å². The zero-order chi connectivity index (χ0) is 19.9. The predicted molar refractivity (Wildman–Crippen MR) is 113 cm³/mol. The van der Waals surface area contributed by atoms with Crippen molar-refractivity contribution in [1.29, 1.82) is 0 Å². The van der Waals surface area contributed by atoms with Gasteiger partial charge in [-0.3, -0.25) is 4.79 Å². The molecule has 0 saturated heterocycles. The predicted octanol–water partition coefficient (Wildman–Crippen LogP) is 5.37. The lowest BCUT2D eigenvalue weighted by atomic mass is 10.0. The van der Waals surface area contributed by atoms with Gasteiger partial charge in [0.05, 0.1) is 21.6 Å². The zero-order valence-electron chi connectivity index (χ0n) is 14.5. The summed E-state index contributed by atoms with van der Waals surface area (Å²) < 4.78 is 24.5. The zero-order valence-corrected chi connectivity index (χ0v) is 17.6. The molecule has 1 unspecified atom stereocenters. The summed E-state index contributed by atoms with van der Waals surface area (Å²) in [6, 6.07) is 15.3. The molecule has 0 fully saturated rings. The Hall–Kier alpha value is -1.86. The number of hydrogen-bond acceptors (Lipinski definition) is 4. The van der Waals surface area contributed by atoms with Gasteiger partial charge in [-0.2, -0.15) is 0 Å². The smallest absolute Gasteiger partial charge is 0.261 e. The average molecular weight is 452 g/mol. The fraction of sp³-hybridized carbons (Fsp3) is 0.150. The van der Waals surface area contributed by atoms with Crippen LogP contribution in [-0.4, -0.2) is 20.1 Å². The molecule has 1 atom stereocenters. The first-order valence-corrected chi connectivity index (χ1v) is 11.7. The second-order valence-corrected chi connectivity index (χ2v) is 10.5. The van der Waals surface area contributed by atoms with Crippen LogP contribution < -0.4 is 5.32 Å². The van der Waals surface area contributed by atoms with Crippen molar-refractivity contribution in [2.24, 2.45) is 0 Å². The van der Waals surface area contributed by atoms with Crippen LogP contribution in [0.1, 0.15) is 27.7 Å². The molecule has 0 spiro atoms. The van der Waals surface area contributed by atoms with Gasteiger partial charge in [-0.05, 0) is 53.9 Å². The van der Waals surface area contributed by atoms with E-state index in [0.717, 1.165) is 10.4 Å². The van der Waals surface area contributed by atoms with E-state index in [1.54, 1.807) is 48.5 Å². The summed E-state index contributed by atoms with van der Waals surface area (Å²) in [6.45, 7) is 0. The Kier molecular flexibility index (Phi) is 5.22. The van der Waals surface area contributed by atoms with Gasteiger partial charge in [0.25, 0.3) is 5.91 Å². The highest BCUT2D eigenvalue weighted by Crippen LogP contribution is 2.34. The SMILES string of the molecule is O=C(NC1CCS(=O)(=O)c2ccccc21)c1ccc(-c2cc(Cl)cc(Cl)c2)s1. The van der Waals surface area contributed by atoms with Gasteiger partial charge in [0.2, 0.25) is 0 Å². The average Bonchev–Trinajstić information content (AvgIpc) is 3.14. The van der Waals surface area contributed by atoms with Crippen LogP contribution in [0, 0.1) is 0 Å². The second kappa shape index (κ2) is 7.52. The molecule has 4 rings (SSSR count). The molecule has 4 nitrogen and oxygen atoms in total. The third kappa shape index (κ3) is 3.82. The first kappa shape index (κ1) is 19.5. The molecule has 144 valence electrons. The number of benzene rings is 2. The van der Waals surface area contributed by atoms with Gasteiger partial charge < -0.3 is 5.32 Å². The number of carbonyl (C=O) groups is 1. The third-order valence-corrected chi connectivity index (χ3v) is 7.97. The van der Waals surface area contributed by atoms with Gasteiger partial charge in [-0.1, -0.05) is 41.4 Å². The summed E-state index contributed by atoms with van der Waals surface area (Å²) in [7, 11) is -3.29. The van der Waals surface area contributed by atoms with E-state index in [-0.39, 0.29) is 17.7 Å². The van der Waals surface area contributed by atoms with E-state index >= 15 is 0 Å². The first-order valence-electron chi connectivity index (χ1n) is 8.52. The number of thiophene rings is 1. The number of rotatable bonds is 3. The first-order chi connectivity index (χ1) is 13.3. The van der Waals surface area contributed by atoms with Crippen LogP contribution in [0.3, 0.4) is 0 Å². The maximum Gasteiger partial charge on any atom is 0.261 e. The largest absolute Gasteiger partial charge is 0.344 e. The Morgan fingerprint density at radius 2 is 1.75 bits per heavy atom. The Balaban J connectivity index is 1.58. The monoisotopic (exact) mass is 451 g/mol. The van der Waals surface area contributed by atoms with E-state index in [4.69, 9.17) is 23.2 Å². The van der Waals surface area contributed by atoms with Gasteiger partial charge in [-0.15, -0.1) is 11.3 Å². The lowest BCUT2D eigenvalue weighted by Gasteiger charge is -2.26. The molecule has 2 aromatic carbocycles. The number of carbonyl (C=O) groups excluding carboxylic acids is 1. The van der Waals surface area contributed by atoms with Gasteiger partial charge in [-0.25, -0.2) is 8.42 Å². The molecule has 1 amide bonds. The fourth-order valence-electron chi connectivity index (χ4n) is 3.28. The molecule has 0 bridgehead atoms. The molecular weight excluding hydrogens is 437 g/mol. The van der Waals surface area contributed by atoms with Crippen LogP contribution in [0.25, 0.3) is 10.4 Å². The highest BCUT2D eigenvalue weighted by molar-refractivity contribution is 7.91. The lowest BCUT2D eigenvalue weighted by molar-refractivity contribution is 0.0938. The van der Waals surface area contributed by atoms with E-state index in [2.05, 4.69) is 5.32 Å². The molecule has 28 heavy (non-hydrogen) atoms. The van der Waals surface area contributed by atoms with Crippen LogP contribution in [-0.2, 0) is 9.84 Å². The maximum atomic E-state index is 12.8. The minimum absolute atomic E-state index is 0.0195. The molecule has 8 heteroatoms. The maximum absolute atomic E-state index is 12.8. The molecule has 1 aromatic heterocycles. The number of sulfone groups is 1. The highest BCUT2D eigenvalue weighted by atomic mass is 35.5. The van der Waals surface area contributed by atoms with Crippen LogP contribution in [0.5, 0.6) is 0 Å². The molecule has 0 radical (unpaired) electrons. The van der Waals surface area contributed by atoms with E-state index in [1.807, 2.05) is 6.07 Å². The minimum atomic E-state index is -3.29. The van der Waals surface area contributed by atoms with Crippen molar-refractivity contribution in [2.45, 2.75) is 17.4 Å². The summed E-state index contributed by atoms with van der Waals surface area (Å²) in [5, 5.41) is 4.03. The number of hydrogen-bond donors (Lipinski definition) is 1. The van der Waals surface area contributed by atoms with Crippen LogP contribution >= 0.6 is 34.5 Å². The molecular formula is C20H15Cl2NO3S2. The topological polar surface area (TPSA) is 63.2 Å². The van der Waals surface area contributed by atoms with Crippen molar-refractivity contribution in [2.75, 3.05) is 5.75 Å². The highest BCUT2D eigenvalue weighted by Gasteiger charge is 2.31. The summed E-state index contributed by atoms with van der Waals surface area (Å²) in [4.78, 5) is 14.5. The lowest BCUT2D eigenvalue weighted by Crippen LogP contribution is -2.33. The van der Waals surface area contributed by atoms with E-state index in [1.165, 1.54) is 11.3 Å². The number of nitrogens with one attached hydrogen (secondary N) is 1. The van der Waals surface area contributed by atoms with Crippen molar-refractivity contribution < 1.29 is 13.2 Å². The Bertz CT molecular complexity index is 1150. The standard InChI is InChI=1S/C20H15Cl2NO3S2/c21-13-9-12(10-14(22)11-13)17-5-6-18(27-17)20(24)23-16-7-8-28(25,26)19-4-2-1-3-15(16)19/h1-6,9-11,16H,7-8H2,(H,23,24). The van der Waals surface area contributed by atoms with Crippen molar-refractivity contribution in [1.82, 2.24) is 5.32 Å². The quantitative estimate of drug-likeness (QED) is 0.581. The van der Waals surface area contributed by atoms with Crippen molar-refractivity contribution in [3.8, 4) is 10.4 Å². The number of halogens is 2. The molecule has 1 aliphatic rings. The van der Waals surface area contributed by atoms with Crippen molar-refractivity contribution in [3.05, 3.63) is 75.1 Å². The molecule has 1 aliphatic heterocycles. The fourth-order valence-corrected chi connectivity index (χ4v) is 6.32. The molecule has 0 aliphatic carbocycles. The molecule has 2 heterocycles. The van der Waals surface area contributed by atoms with Crippen molar-refractivity contribution >= 4 is 50.3 Å². The van der Waals surface area contributed by atoms with Gasteiger partial charge in [0.15, 0.2) is 9.84 Å². The molecule has 3 aromatic rings. The van der Waals surface area contributed by atoms with Crippen LogP contribution in [0.2, 0.25) is 10.0 Å².